The van der Waals surface area contributed by atoms with Crippen LogP contribution < -0.4 is 10.5 Å². The molecule has 2 rings (SSSR count). The highest BCUT2D eigenvalue weighted by Gasteiger charge is 2.30. The van der Waals surface area contributed by atoms with E-state index in [2.05, 4.69) is 0 Å². The Morgan fingerprint density at radius 1 is 1.50 bits per heavy atom. The molecule has 0 saturated carbocycles. The lowest BCUT2D eigenvalue weighted by atomic mass is 10.1. The van der Waals surface area contributed by atoms with Crippen molar-refractivity contribution < 1.29 is 17.5 Å². The van der Waals surface area contributed by atoms with Crippen LogP contribution in [-0.4, -0.2) is 26.0 Å². The van der Waals surface area contributed by atoms with Crippen molar-refractivity contribution in [3.8, 4) is 5.75 Å². The van der Waals surface area contributed by atoms with Crippen LogP contribution in [0.5, 0.6) is 5.75 Å². The largest absolute Gasteiger partial charge is 0.489 e. The number of ether oxygens (including phenoxy) is 1. The fourth-order valence-corrected chi connectivity index (χ4v) is 3.61. The molecule has 18 heavy (non-hydrogen) atoms. The highest BCUT2D eigenvalue weighted by Crippen LogP contribution is 2.27. The number of nitrogens with two attached hydrogens (primary N) is 1. The van der Waals surface area contributed by atoms with Crippen LogP contribution in [0.2, 0.25) is 0 Å². The van der Waals surface area contributed by atoms with Crippen molar-refractivity contribution in [1.29, 1.82) is 0 Å². The van der Waals surface area contributed by atoms with Gasteiger partial charge in [-0.2, -0.15) is 0 Å². The predicted octanol–water partition coefficient (Wildman–Crippen LogP) is 1.41. The van der Waals surface area contributed by atoms with Gasteiger partial charge in [0.2, 0.25) is 0 Å². The van der Waals surface area contributed by atoms with Crippen LogP contribution in [0.3, 0.4) is 0 Å². The maximum absolute atomic E-state index is 13.1. The van der Waals surface area contributed by atoms with Crippen molar-refractivity contribution in [3.05, 3.63) is 29.6 Å². The third-order valence-corrected chi connectivity index (χ3v) is 4.68. The summed E-state index contributed by atoms with van der Waals surface area (Å²) < 4.78 is 41.4. The van der Waals surface area contributed by atoms with E-state index in [1.807, 2.05) is 0 Å². The molecule has 1 heterocycles. The minimum Gasteiger partial charge on any atom is -0.489 e. The van der Waals surface area contributed by atoms with E-state index in [1.165, 1.54) is 18.2 Å². The number of halogens is 1. The molecule has 1 aromatic carbocycles. The van der Waals surface area contributed by atoms with Gasteiger partial charge in [-0.15, -0.1) is 0 Å². The molecule has 0 aromatic heterocycles. The van der Waals surface area contributed by atoms with E-state index in [0.717, 1.165) is 0 Å². The highest BCUT2D eigenvalue weighted by atomic mass is 32.2. The third-order valence-electron chi connectivity index (χ3n) is 2.95. The smallest absolute Gasteiger partial charge is 0.154 e. The predicted molar refractivity (Wildman–Crippen MR) is 66.7 cm³/mol. The molecule has 100 valence electrons. The number of rotatable bonds is 3. The van der Waals surface area contributed by atoms with Crippen molar-refractivity contribution in [2.24, 2.45) is 5.73 Å². The summed E-state index contributed by atoms with van der Waals surface area (Å²) in [5, 5.41) is 0. The Morgan fingerprint density at radius 2 is 2.22 bits per heavy atom. The number of hydrogen-bond donors (Lipinski definition) is 1. The first-order valence-corrected chi connectivity index (χ1v) is 7.61. The molecule has 0 radical (unpaired) electrons. The topological polar surface area (TPSA) is 69.4 Å². The van der Waals surface area contributed by atoms with Crippen LogP contribution in [0, 0.1) is 5.82 Å². The fourth-order valence-electron chi connectivity index (χ4n) is 2.02. The zero-order chi connectivity index (χ0) is 13.3. The quantitative estimate of drug-likeness (QED) is 0.904. The van der Waals surface area contributed by atoms with Crippen LogP contribution in [-0.2, 0) is 9.84 Å². The summed E-state index contributed by atoms with van der Waals surface area (Å²) in [4.78, 5) is 0. The standard InChI is InChI=1S/C12H16FNO3S/c1-8(14)11-6-9(13)2-3-12(11)17-10-4-5-18(15,16)7-10/h2-3,6,8,10H,4-5,7,14H2,1H3/t8-,10?/m0/s1. The molecule has 0 bridgehead atoms. The molecule has 1 aliphatic heterocycles. The van der Waals surface area contributed by atoms with Gasteiger partial charge in [0, 0.05) is 11.6 Å². The zero-order valence-electron chi connectivity index (χ0n) is 10.1. The van der Waals surface area contributed by atoms with E-state index in [0.29, 0.717) is 17.7 Å². The van der Waals surface area contributed by atoms with E-state index in [4.69, 9.17) is 10.5 Å². The van der Waals surface area contributed by atoms with E-state index >= 15 is 0 Å². The molecule has 1 aromatic rings. The highest BCUT2D eigenvalue weighted by molar-refractivity contribution is 7.91. The van der Waals surface area contributed by atoms with Gasteiger partial charge >= 0.3 is 0 Å². The molecule has 2 atom stereocenters. The zero-order valence-corrected chi connectivity index (χ0v) is 10.9. The minimum absolute atomic E-state index is 0.0166. The average molecular weight is 273 g/mol. The van der Waals surface area contributed by atoms with Crippen LogP contribution in [0.4, 0.5) is 4.39 Å². The van der Waals surface area contributed by atoms with Gasteiger partial charge in [0.15, 0.2) is 9.84 Å². The minimum atomic E-state index is -2.99. The van der Waals surface area contributed by atoms with Gasteiger partial charge < -0.3 is 10.5 Å². The van der Waals surface area contributed by atoms with Gasteiger partial charge in [-0.1, -0.05) is 0 Å². The van der Waals surface area contributed by atoms with Gasteiger partial charge in [0.1, 0.15) is 17.7 Å². The van der Waals surface area contributed by atoms with E-state index in [9.17, 15) is 12.8 Å². The molecule has 1 aliphatic rings. The number of sulfone groups is 1. The van der Waals surface area contributed by atoms with Crippen molar-refractivity contribution >= 4 is 9.84 Å². The lowest BCUT2D eigenvalue weighted by molar-refractivity contribution is 0.225. The number of benzene rings is 1. The van der Waals surface area contributed by atoms with Crippen molar-refractivity contribution in [1.82, 2.24) is 0 Å². The van der Waals surface area contributed by atoms with Gasteiger partial charge in [-0.05, 0) is 31.5 Å². The Morgan fingerprint density at radius 3 is 2.78 bits per heavy atom. The monoisotopic (exact) mass is 273 g/mol. The Hall–Kier alpha value is -1.14. The van der Waals surface area contributed by atoms with Crippen LogP contribution in [0.1, 0.15) is 24.9 Å². The summed E-state index contributed by atoms with van der Waals surface area (Å²) in [5.74, 6) is 0.247. The van der Waals surface area contributed by atoms with Gasteiger partial charge in [-0.25, -0.2) is 12.8 Å². The number of hydrogen-bond acceptors (Lipinski definition) is 4. The first-order chi connectivity index (χ1) is 8.37. The van der Waals surface area contributed by atoms with Gasteiger partial charge in [-0.3, -0.25) is 0 Å². The normalized spacial score (nSPS) is 23.8. The maximum atomic E-state index is 13.1. The second kappa shape index (κ2) is 4.85. The summed E-state index contributed by atoms with van der Waals surface area (Å²) >= 11 is 0. The summed E-state index contributed by atoms with van der Waals surface area (Å²) in [7, 11) is -2.99. The molecular weight excluding hydrogens is 257 g/mol. The van der Waals surface area contributed by atoms with Crippen LogP contribution >= 0.6 is 0 Å². The summed E-state index contributed by atoms with van der Waals surface area (Å²) in [5.41, 5.74) is 6.30. The first kappa shape index (κ1) is 13.3. The Bertz CT molecular complexity index is 542. The Labute approximate surface area is 106 Å². The molecule has 2 N–H and O–H groups in total. The van der Waals surface area contributed by atoms with Crippen molar-refractivity contribution in [3.63, 3.8) is 0 Å². The molecule has 1 unspecified atom stereocenters. The molecule has 0 amide bonds. The van der Waals surface area contributed by atoms with Crippen molar-refractivity contribution in [2.75, 3.05) is 11.5 Å². The van der Waals surface area contributed by atoms with Gasteiger partial charge in [0.25, 0.3) is 0 Å². The lowest BCUT2D eigenvalue weighted by Gasteiger charge is -2.17. The average Bonchev–Trinajstić information content (AvgIpc) is 2.60. The van der Waals surface area contributed by atoms with E-state index in [1.54, 1.807) is 6.92 Å². The third kappa shape index (κ3) is 3.00. The van der Waals surface area contributed by atoms with E-state index < -0.39 is 9.84 Å². The summed E-state index contributed by atoms with van der Waals surface area (Å²) in [6.07, 6.45) is 0.107. The molecular formula is C12H16FNO3S. The van der Waals surface area contributed by atoms with E-state index in [-0.39, 0.29) is 29.5 Å². The second-order valence-corrected chi connectivity index (χ2v) is 6.84. The van der Waals surface area contributed by atoms with Crippen LogP contribution in [0.15, 0.2) is 18.2 Å². The first-order valence-electron chi connectivity index (χ1n) is 5.79. The van der Waals surface area contributed by atoms with Crippen molar-refractivity contribution in [2.45, 2.75) is 25.5 Å². The molecule has 1 saturated heterocycles. The Balaban J connectivity index is 2.19. The van der Waals surface area contributed by atoms with Gasteiger partial charge in [0.05, 0.1) is 11.5 Å². The SMILES string of the molecule is C[C@H](N)c1cc(F)ccc1OC1CCS(=O)(=O)C1. The van der Waals surface area contributed by atoms with Crippen LogP contribution in [0.25, 0.3) is 0 Å². The maximum Gasteiger partial charge on any atom is 0.154 e. The summed E-state index contributed by atoms with van der Waals surface area (Å²) in [6, 6.07) is 3.74. The second-order valence-electron chi connectivity index (χ2n) is 4.61. The molecule has 6 heteroatoms. The molecule has 1 fully saturated rings. The fraction of sp³-hybridized carbons (Fsp3) is 0.500. The lowest BCUT2D eigenvalue weighted by Crippen LogP contribution is -2.19. The Kier molecular flexibility index (Phi) is 3.59. The molecule has 0 aliphatic carbocycles. The summed E-state index contributed by atoms with van der Waals surface area (Å²) in [6.45, 7) is 1.73. The molecule has 4 nitrogen and oxygen atoms in total. The molecule has 0 spiro atoms.